The third kappa shape index (κ3) is 2.78. The number of rotatable bonds is 4. The van der Waals surface area contributed by atoms with E-state index in [1.807, 2.05) is 0 Å². The zero-order valence-electron chi connectivity index (χ0n) is 11.0. The topological polar surface area (TPSA) is 23.5 Å². The Kier molecular flexibility index (Phi) is 3.60. The minimum absolute atomic E-state index is 0.283. The molecular weight excluding hydrogens is 198 g/mol. The van der Waals surface area contributed by atoms with Gasteiger partial charge in [0, 0.05) is 26.2 Å². The van der Waals surface area contributed by atoms with E-state index in [-0.39, 0.29) is 5.41 Å². The molecule has 2 aliphatic rings. The molecule has 2 rings (SSSR count). The first kappa shape index (κ1) is 12.4. The number of likely N-dealkylation sites (tertiary alicyclic amines) is 1. The molecule has 1 saturated heterocycles. The zero-order chi connectivity index (χ0) is 11.6. The Balaban J connectivity index is 1.75. The SMILES string of the molecule is CC(C)(CCO)CN1CC2(CCCCC2)C1. The van der Waals surface area contributed by atoms with Gasteiger partial charge in [-0.3, -0.25) is 0 Å². The van der Waals surface area contributed by atoms with Crippen molar-refractivity contribution >= 4 is 0 Å². The second-order valence-corrected chi connectivity index (χ2v) is 6.84. The van der Waals surface area contributed by atoms with Crippen molar-refractivity contribution in [2.45, 2.75) is 52.4 Å². The zero-order valence-corrected chi connectivity index (χ0v) is 11.0. The fourth-order valence-electron chi connectivity index (χ4n) is 3.62. The van der Waals surface area contributed by atoms with Gasteiger partial charge in [-0.25, -0.2) is 0 Å². The van der Waals surface area contributed by atoms with Gasteiger partial charge in [-0.1, -0.05) is 33.1 Å². The van der Waals surface area contributed by atoms with Crippen LogP contribution in [0.25, 0.3) is 0 Å². The summed E-state index contributed by atoms with van der Waals surface area (Å²) in [5.74, 6) is 0. The summed E-state index contributed by atoms with van der Waals surface area (Å²) in [6.45, 7) is 8.68. The van der Waals surface area contributed by atoms with Crippen LogP contribution in [0.3, 0.4) is 0 Å². The van der Waals surface area contributed by atoms with E-state index in [2.05, 4.69) is 18.7 Å². The monoisotopic (exact) mass is 225 g/mol. The molecule has 2 fully saturated rings. The van der Waals surface area contributed by atoms with E-state index >= 15 is 0 Å². The van der Waals surface area contributed by atoms with Crippen molar-refractivity contribution in [3.8, 4) is 0 Å². The van der Waals surface area contributed by atoms with Crippen LogP contribution in [0, 0.1) is 10.8 Å². The van der Waals surface area contributed by atoms with Gasteiger partial charge in [-0.2, -0.15) is 0 Å². The van der Waals surface area contributed by atoms with Crippen molar-refractivity contribution < 1.29 is 5.11 Å². The van der Waals surface area contributed by atoms with Gasteiger partial charge in [0.05, 0.1) is 0 Å². The number of aliphatic hydroxyl groups excluding tert-OH is 1. The lowest BCUT2D eigenvalue weighted by Crippen LogP contribution is -2.58. The first-order valence-corrected chi connectivity index (χ1v) is 6.89. The lowest BCUT2D eigenvalue weighted by atomic mass is 9.68. The predicted octanol–water partition coefficient (Wildman–Crippen LogP) is 2.66. The van der Waals surface area contributed by atoms with Crippen LogP contribution < -0.4 is 0 Å². The lowest BCUT2D eigenvalue weighted by molar-refractivity contribution is -0.0488. The van der Waals surface area contributed by atoms with Gasteiger partial charge in [0.2, 0.25) is 0 Å². The Morgan fingerprint density at radius 1 is 1.12 bits per heavy atom. The fraction of sp³-hybridized carbons (Fsp3) is 1.00. The minimum Gasteiger partial charge on any atom is -0.396 e. The maximum absolute atomic E-state index is 9.03. The Morgan fingerprint density at radius 3 is 2.31 bits per heavy atom. The number of aliphatic hydroxyl groups is 1. The molecule has 1 saturated carbocycles. The van der Waals surface area contributed by atoms with Gasteiger partial charge >= 0.3 is 0 Å². The molecule has 0 unspecified atom stereocenters. The summed E-state index contributed by atoms with van der Waals surface area (Å²) in [6, 6.07) is 0. The first-order chi connectivity index (χ1) is 7.55. The van der Waals surface area contributed by atoms with Crippen LogP contribution in [-0.2, 0) is 0 Å². The van der Waals surface area contributed by atoms with E-state index in [9.17, 15) is 0 Å². The van der Waals surface area contributed by atoms with Crippen LogP contribution in [0.1, 0.15) is 52.4 Å². The minimum atomic E-state index is 0.283. The molecule has 0 atom stereocenters. The summed E-state index contributed by atoms with van der Waals surface area (Å²) in [5, 5.41) is 9.03. The van der Waals surface area contributed by atoms with Crippen molar-refractivity contribution in [3.05, 3.63) is 0 Å². The third-order valence-corrected chi connectivity index (χ3v) is 4.47. The predicted molar refractivity (Wildman–Crippen MR) is 67.4 cm³/mol. The normalized spacial score (nSPS) is 25.7. The van der Waals surface area contributed by atoms with Gasteiger partial charge in [0.1, 0.15) is 0 Å². The Labute approximate surface area is 100 Å². The molecule has 1 aliphatic heterocycles. The molecule has 0 aromatic carbocycles. The lowest BCUT2D eigenvalue weighted by Gasteiger charge is -2.54. The summed E-state index contributed by atoms with van der Waals surface area (Å²) >= 11 is 0. The van der Waals surface area contributed by atoms with Crippen molar-refractivity contribution in [3.63, 3.8) is 0 Å². The van der Waals surface area contributed by atoms with Crippen molar-refractivity contribution in [2.24, 2.45) is 10.8 Å². The maximum atomic E-state index is 9.03. The average Bonchev–Trinajstić information content (AvgIpc) is 2.16. The van der Waals surface area contributed by atoms with Crippen LogP contribution in [0.15, 0.2) is 0 Å². The van der Waals surface area contributed by atoms with Crippen molar-refractivity contribution in [1.29, 1.82) is 0 Å². The second-order valence-electron chi connectivity index (χ2n) is 6.84. The second kappa shape index (κ2) is 4.66. The molecule has 1 heterocycles. The molecule has 0 aromatic rings. The molecule has 0 aromatic heterocycles. The van der Waals surface area contributed by atoms with E-state index in [4.69, 9.17) is 5.11 Å². The van der Waals surface area contributed by atoms with Gasteiger partial charge in [-0.05, 0) is 30.1 Å². The largest absolute Gasteiger partial charge is 0.396 e. The fourth-order valence-corrected chi connectivity index (χ4v) is 3.62. The average molecular weight is 225 g/mol. The molecular formula is C14H27NO. The summed E-state index contributed by atoms with van der Waals surface area (Å²) in [4.78, 5) is 2.60. The first-order valence-electron chi connectivity index (χ1n) is 6.89. The summed E-state index contributed by atoms with van der Waals surface area (Å²) in [5.41, 5.74) is 0.985. The van der Waals surface area contributed by atoms with Crippen LogP contribution in [0.5, 0.6) is 0 Å². The molecule has 2 heteroatoms. The van der Waals surface area contributed by atoms with Crippen LogP contribution in [0.4, 0.5) is 0 Å². The van der Waals surface area contributed by atoms with E-state index in [0.717, 1.165) is 13.0 Å². The van der Waals surface area contributed by atoms with Gasteiger partial charge < -0.3 is 10.0 Å². The summed E-state index contributed by atoms with van der Waals surface area (Å²) in [6.07, 6.45) is 8.21. The molecule has 1 aliphatic carbocycles. The van der Waals surface area contributed by atoms with Gasteiger partial charge in [0.25, 0.3) is 0 Å². The summed E-state index contributed by atoms with van der Waals surface area (Å²) < 4.78 is 0. The van der Waals surface area contributed by atoms with Crippen molar-refractivity contribution in [1.82, 2.24) is 4.90 Å². The highest BCUT2D eigenvalue weighted by atomic mass is 16.3. The van der Waals surface area contributed by atoms with Crippen molar-refractivity contribution in [2.75, 3.05) is 26.2 Å². The maximum Gasteiger partial charge on any atom is 0.0436 e. The summed E-state index contributed by atoms with van der Waals surface area (Å²) in [7, 11) is 0. The van der Waals surface area contributed by atoms with E-state index in [0.29, 0.717) is 12.0 Å². The van der Waals surface area contributed by atoms with E-state index < -0.39 is 0 Å². The van der Waals surface area contributed by atoms with Crippen LogP contribution in [-0.4, -0.2) is 36.2 Å². The number of nitrogens with zero attached hydrogens (tertiary/aromatic N) is 1. The number of hydrogen-bond acceptors (Lipinski definition) is 2. The standard InChI is InChI=1S/C14H27NO/c1-13(2,8-9-16)10-15-11-14(12-15)6-4-3-5-7-14/h16H,3-12H2,1-2H3. The Hall–Kier alpha value is -0.0800. The Bertz CT molecular complexity index is 223. The Morgan fingerprint density at radius 2 is 1.75 bits per heavy atom. The van der Waals surface area contributed by atoms with Gasteiger partial charge in [0.15, 0.2) is 0 Å². The number of hydrogen-bond donors (Lipinski definition) is 1. The molecule has 94 valence electrons. The smallest absolute Gasteiger partial charge is 0.0436 e. The molecule has 0 radical (unpaired) electrons. The highest BCUT2D eigenvalue weighted by molar-refractivity contribution is 4.97. The molecule has 0 amide bonds. The highest BCUT2D eigenvalue weighted by Gasteiger charge is 2.44. The van der Waals surface area contributed by atoms with Crippen LogP contribution >= 0.6 is 0 Å². The molecule has 1 N–H and O–H groups in total. The molecule has 2 nitrogen and oxygen atoms in total. The highest BCUT2D eigenvalue weighted by Crippen LogP contribution is 2.44. The van der Waals surface area contributed by atoms with Gasteiger partial charge in [-0.15, -0.1) is 0 Å². The third-order valence-electron chi connectivity index (χ3n) is 4.47. The quantitative estimate of drug-likeness (QED) is 0.795. The molecule has 0 bridgehead atoms. The van der Waals surface area contributed by atoms with E-state index in [1.165, 1.54) is 45.2 Å². The van der Waals surface area contributed by atoms with E-state index in [1.54, 1.807) is 0 Å². The van der Waals surface area contributed by atoms with Crippen LogP contribution in [0.2, 0.25) is 0 Å². The molecule has 16 heavy (non-hydrogen) atoms. The molecule has 1 spiro atoms.